The van der Waals surface area contributed by atoms with Gasteiger partial charge in [-0.1, -0.05) is 93.9 Å². The molecular formula is C28H38NOS+. The van der Waals surface area contributed by atoms with Crippen LogP contribution in [0.2, 0.25) is 0 Å². The van der Waals surface area contributed by atoms with E-state index in [0.717, 1.165) is 12.3 Å². The van der Waals surface area contributed by atoms with Gasteiger partial charge in [0.2, 0.25) is 5.52 Å². The van der Waals surface area contributed by atoms with Gasteiger partial charge in [0.15, 0.2) is 6.54 Å². The Morgan fingerprint density at radius 3 is 2.10 bits per heavy atom. The number of para-hydroxylation sites is 1. The van der Waals surface area contributed by atoms with Crippen LogP contribution < -0.4 is 9.30 Å². The number of aromatic nitrogens is 1. The van der Waals surface area contributed by atoms with E-state index >= 15 is 0 Å². The molecule has 31 heavy (non-hydrogen) atoms. The summed E-state index contributed by atoms with van der Waals surface area (Å²) in [5, 5.41) is 1.33. The Morgan fingerprint density at radius 1 is 0.774 bits per heavy atom. The van der Waals surface area contributed by atoms with Crippen molar-refractivity contribution in [1.29, 1.82) is 0 Å². The van der Waals surface area contributed by atoms with Crippen molar-refractivity contribution in [2.75, 3.05) is 7.11 Å². The van der Waals surface area contributed by atoms with E-state index in [2.05, 4.69) is 60.0 Å². The molecule has 1 heterocycles. The molecule has 0 amide bonds. The van der Waals surface area contributed by atoms with E-state index in [1.807, 2.05) is 23.5 Å². The Hall–Kier alpha value is -2.13. The summed E-state index contributed by atoms with van der Waals surface area (Å²) in [7, 11) is 1.71. The van der Waals surface area contributed by atoms with Crippen LogP contribution in [0.5, 0.6) is 5.75 Å². The SMILES string of the molecule is CCCCCCCCCCCC[n+]1c(/C=C/c2ccc(OC)cc2)sc2ccccc21. The Balaban J connectivity index is 1.53. The summed E-state index contributed by atoms with van der Waals surface area (Å²) >= 11 is 1.88. The highest BCUT2D eigenvalue weighted by Crippen LogP contribution is 2.23. The van der Waals surface area contributed by atoms with Gasteiger partial charge in [0.05, 0.1) is 7.11 Å². The zero-order valence-corrected chi connectivity index (χ0v) is 20.1. The van der Waals surface area contributed by atoms with Crippen molar-refractivity contribution in [2.45, 2.75) is 77.7 Å². The molecule has 0 radical (unpaired) electrons. The fourth-order valence-electron chi connectivity index (χ4n) is 4.05. The van der Waals surface area contributed by atoms with Gasteiger partial charge in [0.1, 0.15) is 10.4 Å². The molecule has 0 aliphatic heterocycles. The van der Waals surface area contributed by atoms with Crippen molar-refractivity contribution >= 4 is 33.7 Å². The van der Waals surface area contributed by atoms with Crippen LogP contribution in [0, 0.1) is 0 Å². The van der Waals surface area contributed by atoms with Gasteiger partial charge in [0.25, 0.3) is 5.01 Å². The van der Waals surface area contributed by atoms with Crippen LogP contribution in [-0.2, 0) is 6.54 Å². The molecule has 0 saturated carbocycles. The van der Waals surface area contributed by atoms with Crippen LogP contribution in [-0.4, -0.2) is 7.11 Å². The molecule has 0 bridgehead atoms. The van der Waals surface area contributed by atoms with Gasteiger partial charge >= 0.3 is 0 Å². The molecule has 0 aliphatic carbocycles. The van der Waals surface area contributed by atoms with Crippen LogP contribution in [0.3, 0.4) is 0 Å². The monoisotopic (exact) mass is 436 g/mol. The first-order valence-corrected chi connectivity index (χ1v) is 12.9. The number of methoxy groups -OCH3 is 1. The lowest BCUT2D eigenvalue weighted by molar-refractivity contribution is -0.669. The molecule has 0 fully saturated rings. The van der Waals surface area contributed by atoms with E-state index in [0.29, 0.717) is 0 Å². The second-order valence-electron chi connectivity index (χ2n) is 8.35. The minimum Gasteiger partial charge on any atom is -0.497 e. The minimum absolute atomic E-state index is 0.898. The van der Waals surface area contributed by atoms with Gasteiger partial charge in [-0.3, -0.25) is 0 Å². The van der Waals surface area contributed by atoms with Gasteiger partial charge in [-0.2, -0.15) is 4.57 Å². The molecule has 0 aliphatic rings. The largest absolute Gasteiger partial charge is 0.497 e. The summed E-state index contributed by atoms with van der Waals surface area (Å²) in [4.78, 5) is 0. The Kier molecular flexibility index (Phi) is 10.1. The summed E-state index contributed by atoms with van der Waals surface area (Å²) in [6, 6.07) is 17.0. The van der Waals surface area contributed by atoms with Crippen LogP contribution in [0.25, 0.3) is 22.4 Å². The maximum Gasteiger partial charge on any atom is 0.262 e. The first kappa shape index (κ1) is 23.5. The molecule has 3 rings (SSSR count). The molecule has 166 valence electrons. The number of aryl methyl sites for hydroxylation is 1. The molecule has 2 nitrogen and oxygen atoms in total. The van der Waals surface area contributed by atoms with E-state index in [4.69, 9.17) is 4.74 Å². The lowest BCUT2D eigenvalue weighted by Gasteiger charge is -2.02. The number of nitrogens with zero attached hydrogens (tertiary/aromatic N) is 1. The maximum atomic E-state index is 5.27. The fourth-order valence-corrected chi connectivity index (χ4v) is 5.14. The van der Waals surface area contributed by atoms with Crippen LogP contribution in [0.15, 0.2) is 48.5 Å². The lowest BCUT2D eigenvalue weighted by atomic mass is 10.1. The van der Waals surface area contributed by atoms with E-state index < -0.39 is 0 Å². The molecule has 0 unspecified atom stereocenters. The number of thiazole rings is 1. The third-order valence-corrected chi connectivity index (χ3v) is 7.04. The number of ether oxygens (including phenoxy) is 1. The van der Waals surface area contributed by atoms with Crippen LogP contribution in [0.4, 0.5) is 0 Å². The van der Waals surface area contributed by atoms with Gasteiger partial charge in [-0.25, -0.2) is 0 Å². The summed E-state index contributed by atoms with van der Waals surface area (Å²) in [6.07, 6.45) is 18.2. The normalized spacial score (nSPS) is 11.5. The summed E-state index contributed by atoms with van der Waals surface area (Å²) in [5.41, 5.74) is 2.56. The van der Waals surface area contributed by atoms with E-state index in [1.54, 1.807) is 7.11 Å². The number of fused-ring (bicyclic) bond motifs is 1. The van der Waals surface area contributed by atoms with Crippen LogP contribution >= 0.6 is 11.3 Å². The first-order valence-electron chi connectivity index (χ1n) is 12.1. The van der Waals surface area contributed by atoms with Crippen molar-refractivity contribution in [2.24, 2.45) is 0 Å². The summed E-state index contributed by atoms with van der Waals surface area (Å²) < 4.78 is 9.14. The highest BCUT2D eigenvalue weighted by Gasteiger charge is 2.17. The molecule has 2 aromatic carbocycles. The molecule has 3 aromatic rings. The number of hydrogen-bond acceptors (Lipinski definition) is 2. The highest BCUT2D eigenvalue weighted by molar-refractivity contribution is 7.18. The highest BCUT2D eigenvalue weighted by atomic mass is 32.1. The van der Waals surface area contributed by atoms with Gasteiger partial charge in [0, 0.05) is 18.6 Å². The number of unbranched alkanes of at least 4 members (excludes halogenated alkanes) is 9. The lowest BCUT2D eigenvalue weighted by Crippen LogP contribution is -2.34. The quantitative estimate of drug-likeness (QED) is 0.183. The average molecular weight is 437 g/mol. The van der Waals surface area contributed by atoms with Crippen LogP contribution in [0.1, 0.15) is 81.7 Å². The molecule has 1 aromatic heterocycles. The average Bonchev–Trinajstić information content (AvgIpc) is 3.16. The Morgan fingerprint density at radius 2 is 1.42 bits per heavy atom. The standard InChI is InChI=1S/C28H38NOS/c1-3-4-5-6-7-8-9-10-11-14-23-29-26-15-12-13-16-27(26)31-28(29)22-19-24-17-20-25(30-2)21-18-24/h12-13,15-22H,3-11,14,23H2,1-2H3/q+1/b22-19+. The molecule has 0 saturated heterocycles. The predicted molar refractivity (Wildman–Crippen MR) is 136 cm³/mol. The molecule has 0 atom stereocenters. The minimum atomic E-state index is 0.898. The fraction of sp³-hybridized carbons (Fsp3) is 0.464. The second-order valence-corrected chi connectivity index (χ2v) is 9.41. The Bertz CT molecular complexity index is 926. The van der Waals surface area contributed by atoms with Crippen molar-refractivity contribution < 1.29 is 9.30 Å². The van der Waals surface area contributed by atoms with E-state index in [1.165, 1.54) is 85.0 Å². The number of rotatable bonds is 14. The molecule has 0 N–H and O–H groups in total. The molecule has 3 heteroatoms. The first-order chi connectivity index (χ1) is 15.3. The maximum absolute atomic E-state index is 5.27. The second kappa shape index (κ2) is 13.3. The van der Waals surface area contributed by atoms with Crippen molar-refractivity contribution in [3.8, 4) is 5.75 Å². The number of benzene rings is 2. The third kappa shape index (κ3) is 7.50. The third-order valence-electron chi connectivity index (χ3n) is 5.91. The predicted octanol–water partition coefficient (Wildman–Crippen LogP) is 8.29. The molecule has 0 spiro atoms. The van der Waals surface area contributed by atoms with Gasteiger partial charge in [-0.05, 0) is 36.3 Å². The smallest absolute Gasteiger partial charge is 0.262 e. The number of hydrogen-bond donors (Lipinski definition) is 0. The Labute approximate surface area is 192 Å². The van der Waals surface area contributed by atoms with E-state index in [-0.39, 0.29) is 0 Å². The van der Waals surface area contributed by atoms with Crippen molar-refractivity contribution in [1.82, 2.24) is 0 Å². The van der Waals surface area contributed by atoms with Gasteiger partial charge in [-0.15, -0.1) is 0 Å². The summed E-state index contributed by atoms with van der Waals surface area (Å²) in [6.45, 7) is 3.39. The zero-order chi connectivity index (χ0) is 21.7. The summed E-state index contributed by atoms with van der Waals surface area (Å²) in [5.74, 6) is 0.898. The topological polar surface area (TPSA) is 13.1 Å². The molecular weight excluding hydrogens is 398 g/mol. The zero-order valence-electron chi connectivity index (χ0n) is 19.3. The van der Waals surface area contributed by atoms with E-state index in [9.17, 15) is 0 Å². The van der Waals surface area contributed by atoms with Gasteiger partial charge < -0.3 is 4.74 Å². The van der Waals surface area contributed by atoms with Crippen molar-refractivity contribution in [3.63, 3.8) is 0 Å². The van der Waals surface area contributed by atoms with Crippen molar-refractivity contribution in [3.05, 3.63) is 59.1 Å².